The molecule has 1 aromatic carbocycles. The van der Waals surface area contributed by atoms with Crippen molar-refractivity contribution in [2.24, 2.45) is 11.7 Å². The maximum Gasteiger partial charge on any atom is 0.0376 e. The van der Waals surface area contributed by atoms with Crippen molar-refractivity contribution in [1.29, 1.82) is 0 Å². The summed E-state index contributed by atoms with van der Waals surface area (Å²) < 4.78 is 0. The van der Waals surface area contributed by atoms with E-state index in [1.54, 1.807) is 0 Å². The molecule has 98 valence electrons. The van der Waals surface area contributed by atoms with Gasteiger partial charge in [0.1, 0.15) is 0 Å². The number of hydrogen-bond acceptors (Lipinski definition) is 2. The van der Waals surface area contributed by atoms with Crippen molar-refractivity contribution in [1.82, 2.24) is 0 Å². The van der Waals surface area contributed by atoms with E-state index in [9.17, 15) is 0 Å². The minimum Gasteiger partial charge on any atom is -0.366 e. The zero-order chi connectivity index (χ0) is 12.7. The molecule has 2 heteroatoms. The molecule has 2 aliphatic heterocycles. The Morgan fingerprint density at radius 3 is 2.11 bits per heavy atom. The summed E-state index contributed by atoms with van der Waals surface area (Å²) in [5, 5.41) is 0. The number of piperidine rings is 1. The number of rotatable bonds is 2. The Morgan fingerprint density at radius 1 is 1.06 bits per heavy atom. The molecule has 2 nitrogen and oxygen atoms in total. The second-order valence-electron chi connectivity index (χ2n) is 6.21. The predicted octanol–water partition coefficient (Wildman–Crippen LogP) is 3.01. The fourth-order valence-electron chi connectivity index (χ4n) is 4.00. The van der Waals surface area contributed by atoms with Crippen LogP contribution >= 0.6 is 0 Å². The zero-order valence-corrected chi connectivity index (χ0v) is 11.5. The summed E-state index contributed by atoms with van der Waals surface area (Å²) in [6.07, 6.45) is 5.29. The first-order valence-corrected chi connectivity index (χ1v) is 7.24. The van der Waals surface area contributed by atoms with E-state index >= 15 is 0 Å². The van der Waals surface area contributed by atoms with E-state index in [1.807, 2.05) is 0 Å². The van der Waals surface area contributed by atoms with Gasteiger partial charge in [0.25, 0.3) is 0 Å². The fourth-order valence-corrected chi connectivity index (χ4v) is 4.00. The van der Waals surface area contributed by atoms with E-state index in [-0.39, 0.29) is 0 Å². The third-order valence-corrected chi connectivity index (χ3v) is 4.67. The lowest BCUT2D eigenvalue weighted by atomic mass is 9.90. The van der Waals surface area contributed by atoms with Gasteiger partial charge in [-0.05, 0) is 75.3 Å². The fraction of sp³-hybridized carbons (Fsp3) is 0.625. The molecule has 2 saturated heterocycles. The van der Waals surface area contributed by atoms with Crippen LogP contribution in [0.15, 0.2) is 18.2 Å². The average Bonchev–Trinajstić information content (AvgIpc) is 2.59. The first kappa shape index (κ1) is 12.0. The maximum absolute atomic E-state index is 5.87. The summed E-state index contributed by atoms with van der Waals surface area (Å²) in [6.45, 7) is 5.27. The Balaban J connectivity index is 1.89. The first-order chi connectivity index (χ1) is 8.67. The lowest BCUT2D eigenvalue weighted by Crippen LogP contribution is -2.44. The molecule has 3 rings (SSSR count). The standard InChI is InChI=1S/C16H24N2/c1-11-5-12(2)7-16(6-11)18-14-3-4-15(18)9-13(8-14)10-17/h5-7,13-15H,3-4,8-10,17H2,1-2H3. The summed E-state index contributed by atoms with van der Waals surface area (Å²) >= 11 is 0. The Kier molecular flexibility index (Phi) is 3.06. The zero-order valence-electron chi connectivity index (χ0n) is 11.5. The molecule has 0 aromatic heterocycles. The van der Waals surface area contributed by atoms with Gasteiger partial charge < -0.3 is 10.6 Å². The van der Waals surface area contributed by atoms with Crippen molar-refractivity contribution in [3.05, 3.63) is 29.3 Å². The average molecular weight is 244 g/mol. The molecule has 2 atom stereocenters. The molecule has 0 saturated carbocycles. The van der Waals surface area contributed by atoms with Gasteiger partial charge in [0.05, 0.1) is 0 Å². The van der Waals surface area contributed by atoms with Crippen LogP contribution in [0.1, 0.15) is 36.8 Å². The topological polar surface area (TPSA) is 29.3 Å². The van der Waals surface area contributed by atoms with Crippen LogP contribution in [0.25, 0.3) is 0 Å². The quantitative estimate of drug-likeness (QED) is 0.866. The Morgan fingerprint density at radius 2 is 1.61 bits per heavy atom. The van der Waals surface area contributed by atoms with Crippen molar-refractivity contribution >= 4 is 5.69 Å². The lowest BCUT2D eigenvalue weighted by molar-refractivity contribution is 0.347. The van der Waals surface area contributed by atoms with E-state index in [4.69, 9.17) is 5.73 Å². The monoisotopic (exact) mass is 244 g/mol. The first-order valence-electron chi connectivity index (χ1n) is 7.24. The third kappa shape index (κ3) is 2.03. The van der Waals surface area contributed by atoms with Crippen LogP contribution < -0.4 is 10.6 Å². The predicted molar refractivity (Wildman–Crippen MR) is 77.0 cm³/mol. The summed E-state index contributed by atoms with van der Waals surface area (Å²) in [4.78, 5) is 2.69. The van der Waals surface area contributed by atoms with Crippen molar-refractivity contribution in [3.8, 4) is 0 Å². The van der Waals surface area contributed by atoms with E-state index in [2.05, 4.69) is 36.9 Å². The second-order valence-corrected chi connectivity index (χ2v) is 6.21. The highest BCUT2D eigenvalue weighted by molar-refractivity contribution is 5.54. The van der Waals surface area contributed by atoms with Crippen molar-refractivity contribution < 1.29 is 0 Å². The van der Waals surface area contributed by atoms with Gasteiger partial charge >= 0.3 is 0 Å². The van der Waals surface area contributed by atoms with Crippen molar-refractivity contribution in [2.45, 2.75) is 51.6 Å². The lowest BCUT2D eigenvalue weighted by Gasteiger charge is -2.40. The number of fused-ring (bicyclic) bond motifs is 2. The van der Waals surface area contributed by atoms with Crippen LogP contribution in [0, 0.1) is 19.8 Å². The van der Waals surface area contributed by atoms with Gasteiger partial charge in [-0.2, -0.15) is 0 Å². The van der Waals surface area contributed by atoms with Gasteiger partial charge in [0, 0.05) is 17.8 Å². The SMILES string of the molecule is Cc1cc(C)cc(N2C3CCC2CC(CN)C3)c1. The molecule has 18 heavy (non-hydrogen) atoms. The van der Waals surface area contributed by atoms with Crippen molar-refractivity contribution in [3.63, 3.8) is 0 Å². The number of aryl methyl sites for hydroxylation is 2. The highest BCUT2D eigenvalue weighted by Crippen LogP contribution is 2.41. The Labute approximate surface area is 110 Å². The van der Waals surface area contributed by atoms with Crippen LogP contribution in [0.5, 0.6) is 0 Å². The van der Waals surface area contributed by atoms with Gasteiger partial charge in [0.15, 0.2) is 0 Å². The molecular formula is C16H24N2. The van der Waals surface area contributed by atoms with E-state index in [1.165, 1.54) is 42.5 Å². The molecular weight excluding hydrogens is 220 g/mol. The largest absolute Gasteiger partial charge is 0.366 e. The number of anilines is 1. The molecule has 1 aromatic rings. The molecule has 0 radical (unpaired) electrons. The van der Waals surface area contributed by atoms with Gasteiger partial charge in [-0.25, -0.2) is 0 Å². The maximum atomic E-state index is 5.87. The molecule has 2 aliphatic rings. The molecule has 2 bridgehead atoms. The summed E-state index contributed by atoms with van der Waals surface area (Å²) in [7, 11) is 0. The molecule has 2 N–H and O–H groups in total. The summed E-state index contributed by atoms with van der Waals surface area (Å²) in [6, 6.07) is 8.43. The smallest absolute Gasteiger partial charge is 0.0376 e. The van der Waals surface area contributed by atoms with Crippen molar-refractivity contribution in [2.75, 3.05) is 11.4 Å². The molecule has 2 fully saturated rings. The van der Waals surface area contributed by atoms with E-state index in [0.717, 1.165) is 24.5 Å². The van der Waals surface area contributed by atoms with E-state index in [0.29, 0.717) is 0 Å². The summed E-state index contributed by atoms with van der Waals surface area (Å²) in [5.74, 6) is 0.754. The Bertz CT molecular complexity index is 406. The minimum absolute atomic E-state index is 0.735. The minimum atomic E-state index is 0.735. The van der Waals surface area contributed by atoms with Gasteiger partial charge in [-0.3, -0.25) is 0 Å². The number of nitrogens with zero attached hydrogens (tertiary/aromatic N) is 1. The highest BCUT2D eigenvalue weighted by atomic mass is 15.2. The third-order valence-electron chi connectivity index (χ3n) is 4.67. The van der Waals surface area contributed by atoms with Gasteiger partial charge in [-0.1, -0.05) is 6.07 Å². The number of nitrogens with two attached hydrogens (primary N) is 1. The van der Waals surface area contributed by atoms with Gasteiger partial charge in [-0.15, -0.1) is 0 Å². The molecule has 2 heterocycles. The molecule has 2 unspecified atom stereocenters. The summed E-state index contributed by atoms with van der Waals surface area (Å²) in [5.41, 5.74) is 10.1. The van der Waals surface area contributed by atoms with Gasteiger partial charge in [0.2, 0.25) is 0 Å². The van der Waals surface area contributed by atoms with Crippen LogP contribution in [-0.4, -0.2) is 18.6 Å². The highest BCUT2D eigenvalue weighted by Gasteiger charge is 2.40. The van der Waals surface area contributed by atoms with Crippen LogP contribution in [0.4, 0.5) is 5.69 Å². The number of hydrogen-bond donors (Lipinski definition) is 1. The Hall–Kier alpha value is -1.02. The number of benzene rings is 1. The molecule has 0 aliphatic carbocycles. The van der Waals surface area contributed by atoms with Crippen LogP contribution in [-0.2, 0) is 0 Å². The van der Waals surface area contributed by atoms with Crippen LogP contribution in [0.2, 0.25) is 0 Å². The normalized spacial score (nSPS) is 30.8. The molecule has 0 amide bonds. The van der Waals surface area contributed by atoms with E-state index < -0.39 is 0 Å². The second kappa shape index (κ2) is 4.58. The molecule has 0 spiro atoms. The van der Waals surface area contributed by atoms with Crippen LogP contribution in [0.3, 0.4) is 0 Å².